The van der Waals surface area contributed by atoms with Gasteiger partial charge >= 0.3 is 6.03 Å². The number of methoxy groups -OCH3 is 1. The van der Waals surface area contributed by atoms with E-state index >= 15 is 0 Å². The second-order valence-electron chi connectivity index (χ2n) is 6.81. The molecule has 0 unspecified atom stereocenters. The smallest absolute Gasteiger partial charge is 0.321 e. The number of rotatable bonds is 3. The molecule has 1 aliphatic rings. The van der Waals surface area contributed by atoms with E-state index in [9.17, 15) is 4.79 Å². The average molecular weight is 344 g/mol. The number of aromatic nitrogens is 4. The Labute approximate surface area is 147 Å². The molecule has 1 aromatic carbocycles. The van der Waals surface area contributed by atoms with Crippen molar-refractivity contribution < 1.29 is 9.53 Å². The Bertz CT molecular complexity index is 749. The number of piperidine rings is 1. The highest BCUT2D eigenvalue weighted by molar-refractivity contribution is 5.90. The Balaban J connectivity index is 1.81. The molecule has 8 nitrogen and oxygen atoms in total. The van der Waals surface area contributed by atoms with Crippen LogP contribution in [0.15, 0.2) is 18.2 Å². The zero-order chi connectivity index (χ0) is 18.0. The summed E-state index contributed by atoms with van der Waals surface area (Å²) in [6.07, 6.45) is 1.16. The molecule has 0 aliphatic carbocycles. The molecule has 2 amide bonds. The fourth-order valence-electron chi connectivity index (χ4n) is 3.42. The van der Waals surface area contributed by atoms with Crippen molar-refractivity contribution in [3.8, 4) is 11.4 Å². The molecule has 1 N–H and O–H groups in total. The van der Waals surface area contributed by atoms with Crippen LogP contribution in [0, 0.1) is 18.8 Å². The number of aryl methyl sites for hydroxylation is 1. The van der Waals surface area contributed by atoms with Crippen molar-refractivity contribution in [1.29, 1.82) is 0 Å². The number of benzene rings is 1. The lowest BCUT2D eigenvalue weighted by molar-refractivity contribution is 0.156. The zero-order valence-electron chi connectivity index (χ0n) is 15.1. The van der Waals surface area contributed by atoms with E-state index in [0.717, 1.165) is 19.5 Å². The number of hydrogen-bond donors (Lipinski definition) is 1. The van der Waals surface area contributed by atoms with Crippen molar-refractivity contribution in [2.75, 3.05) is 25.5 Å². The molecule has 1 aromatic heterocycles. The highest BCUT2D eigenvalue weighted by atomic mass is 16.5. The summed E-state index contributed by atoms with van der Waals surface area (Å²) in [6.45, 7) is 7.74. The van der Waals surface area contributed by atoms with E-state index in [4.69, 9.17) is 4.74 Å². The molecule has 3 rings (SSSR count). The van der Waals surface area contributed by atoms with Crippen LogP contribution >= 0.6 is 0 Å². The minimum Gasteiger partial charge on any atom is -0.494 e. The number of hydrogen-bond acceptors (Lipinski definition) is 5. The molecule has 134 valence electrons. The van der Waals surface area contributed by atoms with Gasteiger partial charge in [0.1, 0.15) is 11.4 Å². The van der Waals surface area contributed by atoms with Gasteiger partial charge in [-0.05, 0) is 53.8 Å². The molecule has 2 aromatic rings. The number of likely N-dealkylation sites (tertiary alicyclic amines) is 1. The Morgan fingerprint density at radius 1 is 1.28 bits per heavy atom. The molecular weight excluding hydrogens is 320 g/mol. The SMILES string of the molecule is COc1ccc(NC(=O)N2C[C@H](C)C[C@H](C)C2)cc1-n1nnnc1C. The lowest BCUT2D eigenvalue weighted by atomic mass is 9.92. The van der Waals surface area contributed by atoms with Gasteiger partial charge in [0.05, 0.1) is 7.11 Å². The first kappa shape index (κ1) is 17.2. The largest absolute Gasteiger partial charge is 0.494 e. The minimum absolute atomic E-state index is 0.0806. The van der Waals surface area contributed by atoms with Gasteiger partial charge in [-0.15, -0.1) is 5.10 Å². The number of amides is 2. The van der Waals surface area contributed by atoms with Crippen molar-refractivity contribution in [2.45, 2.75) is 27.2 Å². The highest BCUT2D eigenvalue weighted by Crippen LogP contribution is 2.27. The third-order valence-corrected chi connectivity index (χ3v) is 4.44. The molecule has 1 saturated heterocycles. The van der Waals surface area contributed by atoms with Gasteiger partial charge in [0, 0.05) is 18.8 Å². The maximum Gasteiger partial charge on any atom is 0.321 e. The first-order chi connectivity index (χ1) is 12.0. The van der Waals surface area contributed by atoms with E-state index in [-0.39, 0.29) is 6.03 Å². The van der Waals surface area contributed by atoms with Gasteiger partial charge in [-0.2, -0.15) is 4.68 Å². The van der Waals surface area contributed by atoms with E-state index in [0.29, 0.717) is 34.8 Å². The van der Waals surface area contributed by atoms with Crippen molar-refractivity contribution in [3.05, 3.63) is 24.0 Å². The Kier molecular flexibility index (Phi) is 4.87. The Morgan fingerprint density at radius 2 is 2.00 bits per heavy atom. The summed E-state index contributed by atoms with van der Waals surface area (Å²) in [5.74, 6) is 2.31. The van der Waals surface area contributed by atoms with Crippen molar-refractivity contribution in [2.24, 2.45) is 11.8 Å². The number of nitrogens with zero attached hydrogens (tertiary/aromatic N) is 5. The predicted octanol–water partition coefficient (Wildman–Crippen LogP) is 2.49. The number of nitrogens with one attached hydrogen (secondary N) is 1. The second kappa shape index (κ2) is 7.08. The molecule has 0 spiro atoms. The molecule has 0 bridgehead atoms. The molecule has 25 heavy (non-hydrogen) atoms. The minimum atomic E-state index is -0.0806. The van der Waals surface area contributed by atoms with Crippen LogP contribution < -0.4 is 10.1 Å². The number of carbonyl (C=O) groups is 1. The summed E-state index contributed by atoms with van der Waals surface area (Å²) < 4.78 is 6.97. The van der Waals surface area contributed by atoms with Crippen molar-refractivity contribution in [1.82, 2.24) is 25.1 Å². The summed E-state index contributed by atoms with van der Waals surface area (Å²) in [5, 5.41) is 14.5. The molecule has 2 heterocycles. The normalized spacial score (nSPS) is 20.4. The lowest BCUT2D eigenvalue weighted by Gasteiger charge is -2.34. The van der Waals surface area contributed by atoms with Crippen molar-refractivity contribution >= 4 is 11.7 Å². The molecular formula is C17H24N6O2. The maximum absolute atomic E-state index is 12.6. The molecule has 0 saturated carbocycles. The Morgan fingerprint density at radius 3 is 2.60 bits per heavy atom. The van der Waals surface area contributed by atoms with Crippen LogP contribution in [-0.4, -0.2) is 51.3 Å². The fourth-order valence-corrected chi connectivity index (χ4v) is 3.42. The second-order valence-corrected chi connectivity index (χ2v) is 6.81. The van der Waals surface area contributed by atoms with Gasteiger partial charge < -0.3 is 15.0 Å². The molecule has 1 fully saturated rings. The van der Waals surface area contributed by atoms with Crippen LogP contribution in [0.1, 0.15) is 26.1 Å². The van der Waals surface area contributed by atoms with Crippen LogP contribution in [0.3, 0.4) is 0 Å². The maximum atomic E-state index is 12.6. The van der Waals surface area contributed by atoms with E-state index < -0.39 is 0 Å². The van der Waals surface area contributed by atoms with Gasteiger partial charge in [-0.1, -0.05) is 13.8 Å². The van der Waals surface area contributed by atoms with Crippen LogP contribution in [0.5, 0.6) is 5.75 Å². The van der Waals surface area contributed by atoms with Crippen LogP contribution in [-0.2, 0) is 0 Å². The summed E-state index contributed by atoms with van der Waals surface area (Å²) in [7, 11) is 1.59. The Hall–Kier alpha value is -2.64. The number of urea groups is 1. The van der Waals surface area contributed by atoms with Crippen LogP contribution in [0.2, 0.25) is 0 Å². The van der Waals surface area contributed by atoms with E-state index in [2.05, 4.69) is 34.7 Å². The highest BCUT2D eigenvalue weighted by Gasteiger charge is 2.25. The van der Waals surface area contributed by atoms with Crippen molar-refractivity contribution in [3.63, 3.8) is 0 Å². The first-order valence-electron chi connectivity index (χ1n) is 8.47. The summed E-state index contributed by atoms with van der Waals surface area (Å²) >= 11 is 0. The summed E-state index contributed by atoms with van der Waals surface area (Å²) in [4.78, 5) is 14.5. The molecule has 1 aliphatic heterocycles. The number of carbonyl (C=O) groups excluding carboxylic acids is 1. The van der Waals surface area contributed by atoms with Crippen LogP contribution in [0.25, 0.3) is 5.69 Å². The van der Waals surface area contributed by atoms with Gasteiger partial charge in [0.25, 0.3) is 0 Å². The summed E-state index contributed by atoms with van der Waals surface area (Å²) in [6, 6.07) is 5.35. The first-order valence-corrected chi connectivity index (χ1v) is 8.47. The van der Waals surface area contributed by atoms with Crippen LogP contribution in [0.4, 0.5) is 10.5 Å². The van der Waals surface area contributed by atoms with Gasteiger partial charge in [0.15, 0.2) is 5.82 Å². The standard InChI is InChI=1S/C17H24N6O2/c1-11-7-12(2)10-22(9-11)17(24)18-14-5-6-16(25-4)15(8-14)23-13(3)19-20-21-23/h5-6,8,11-12H,7,9-10H2,1-4H3,(H,18,24)/t11-,12+. The number of tetrazole rings is 1. The molecule has 2 atom stereocenters. The van der Waals surface area contributed by atoms with E-state index in [1.54, 1.807) is 24.8 Å². The topological polar surface area (TPSA) is 85.2 Å². The van der Waals surface area contributed by atoms with Gasteiger partial charge in [0.2, 0.25) is 0 Å². The van der Waals surface area contributed by atoms with Gasteiger partial charge in [-0.3, -0.25) is 0 Å². The van der Waals surface area contributed by atoms with Gasteiger partial charge in [-0.25, -0.2) is 4.79 Å². The number of ether oxygens (including phenoxy) is 1. The molecule has 0 radical (unpaired) electrons. The van der Waals surface area contributed by atoms with E-state index in [1.807, 2.05) is 17.0 Å². The third-order valence-electron chi connectivity index (χ3n) is 4.44. The zero-order valence-corrected chi connectivity index (χ0v) is 15.1. The quantitative estimate of drug-likeness (QED) is 0.924. The molecule has 8 heteroatoms. The average Bonchev–Trinajstić information content (AvgIpc) is 2.99. The summed E-state index contributed by atoms with van der Waals surface area (Å²) in [5.41, 5.74) is 1.37. The number of anilines is 1. The monoisotopic (exact) mass is 344 g/mol. The predicted molar refractivity (Wildman–Crippen MR) is 94.0 cm³/mol. The lowest BCUT2D eigenvalue weighted by Crippen LogP contribution is -2.44. The fraction of sp³-hybridized carbons (Fsp3) is 0.529. The third kappa shape index (κ3) is 3.72. The van der Waals surface area contributed by atoms with E-state index in [1.165, 1.54) is 0 Å².